The van der Waals surface area contributed by atoms with Crippen LogP contribution in [0, 0.1) is 0 Å². The van der Waals surface area contributed by atoms with Crippen LogP contribution in [0.5, 0.6) is 0 Å². The van der Waals surface area contributed by atoms with E-state index in [-0.39, 0.29) is 0 Å². The van der Waals surface area contributed by atoms with Crippen LogP contribution in [0.4, 0.5) is 10.8 Å². The number of halogens is 1. The van der Waals surface area contributed by atoms with Crippen molar-refractivity contribution in [2.24, 2.45) is 0 Å². The monoisotopic (exact) mass is 383 g/mol. The van der Waals surface area contributed by atoms with Gasteiger partial charge in [-0.2, -0.15) is 0 Å². The summed E-state index contributed by atoms with van der Waals surface area (Å²) in [7, 11) is 4.08. The largest absolute Gasteiger partial charge is 0.378 e. The molecule has 4 rings (SSSR count). The van der Waals surface area contributed by atoms with Crippen molar-refractivity contribution in [3.63, 3.8) is 0 Å². The van der Waals surface area contributed by atoms with Gasteiger partial charge in [0.25, 0.3) is 0 Å². The van der Waals surface area contributed by atoms with E-state index in [4.69, 9.17) is 11.6 Å². The number of rotatable bonds is 5. The molecule has 0 aliphatic heterocycles. The molecule has 5 nitrogen and oxygen atoms in total. The second kappa shape index (κ2) is 6.97. The Kier molecular flexibility index (Phi) is 4.53. The first kappa shape index (κ1) is 16.9. The molecule has 2 heterocycles. The van der Waals surface area contributed by atoms with Crippen molar-refractivity contribution in [3.8, 4) is 11.3 Å². The molecule has 0 saturated heterocycles. The third-order valence-corrected chi connectivity index (χ3v) is 5.25. The van der Waals surface area contributed by atoms with Crippen LogP contribution in [-0.2, 0) is 6.54 Å². The number of imidazole rings is 1. The summed E-state index contributed by atoms with van der Waals surface area (Å²) < 4.78 is 1.87. The Balaban J connectivity index is 1.52. The molecular weight excluding hydrogens is 366 g/mol. The van der Waals surface area contributed by atoms with Gasteiger partial charge in [0.15, 0.2) is 0 Å². The maximum atomic E-state index is 5.97. The van der Waals surface area contributed by atoms with Crippen molar-refractivity contribution in [1.82, 2.24) is 14.6 Å². The maximum absolute atomic E-state index is 5.97. The first-order valence-corrected chi connectivity index (χ1v) is 9.40. The molecule has 2 aromatic heterocycles. The minimum atomic E-state index is 0.718. The molecule has 7 heteroatoms. The molecule has 0 saturated carbocycles. The van der Waals surface area contributed by atoms with E-state index in [1.165, 1.54) is 22.6 Å². The summed E-state index contributed by atoms with van der Waals surface area (Å²) in [6.45, 7) is 0.723. The number of nitrogens with one attached hydrogen (secondary N) is 1. The van der Waals surface area contributed by atoms with Crippen LogP contribution >= 0.6 is 22.9 Å². The molecule has 0 bridgehead atoms. The van der Waals surface area contributed by atoms with E-state index in [9.17, 15) is 0 Å². The van der Waals surface area contributed by atoms with Gasteiger partial charge < -0.3 is 10.2 Å². The fourth-order valence-corrected chi connectivity index (χ4v) is 3.57. The van der Waals surface area contributed by atoms with Crippen LogP contribution in [0.2, 0.25) is 5.02 Å². The van der Waals surface area contributed by atoms with Crippen molar-refractivity contribution in [2.75, 3.05) is 24.3 Å². The highest BCUT2D eigenvalue weighted by atomic mass is 35.5. The number of anilines is 2. The molecule has 0 unspecified atom stereocenters. The lowest BCUT2D eigenvalue weighted by atomic mass is 10.2. The minimum Gasteiger partial charge on any atom is -0.378 e. The Morgan fingerprint density at radius 3 is 2.50 bits per heavy atom. The van der Waals surface area contributed by atoms with Crippen LogP contribution in [0.25, 0.3) is 16.2 Å². The third kappa shape index (κ3) is 3.38. The molecule has 0 spiro atoms. The summed E-state index contributed by atoms with van der Waals surface area (Å²) in [6, 6.07) is 16.2. The third-order valence-electron chi connectivity index (χ3n) is 4.12. The van der Waals surface area contributed by atoms with Crippen LogP contribution in [0.3, 0.4) is 0 Å². The zero-order valence-corrected chi connectivity index (χ0v) is 16.1. The molecule has 2 aromatic carbocycles. The summed E-state index contributed by atoms with van der Waals surface area (Å²) in [4.78, 5) is 7.41. The molecular formula is C19H18ClN5S. The van der Waals surface area contributed by atoms with Crippen LogP contribution in [-0.4, -0.2) is 28.7 Å². The van der Waals surface area contributed by atoms with E-state index in [1.807, 2.05) is 49.1 Å². The summed E-state index contributed by atoms with van der Waals surface area (Å²) >= 11 is 7.51. The Hall–Kier alpha value is -2.57. The molecule has 0 amide bonds. The highest BCUT2D eigenvalue weighted by Crippen LogP contribution is 2.27. The minimum absolute atomic E-state index is 0.718. The fourth-order valence-electron chi connectivity index (χ4n) is 2.67. The summed E-state index contributed by atoms with van der Waals surface area (Å²) in [5.74, 6) is 0. The van der Waals surface area contributed by atoms with E-state index < -0.39 is 0 Å². The van der Waals surface area contributed by atoms with Gasteiger partial charge in [-0.15, -0.1) is 5.10 Å². The zero-order chi connectivity index (χ0) is 18.1. The standard InChI is InChI=1S/C19H18ClN5S/c1-24(2)16-9-3-13(4-10-16)11-21-18-23-25-17(12-22-19(25)26-18)14-5-7-15(20)8-6-14/h3-10,12H,11H2,1-2H3,(H,21,23). The van der Waals surface area contributed by atoms with Gasteiger partial charge in [-0.1, -0.05) is 47.2 Å². The Labute approximate surface area is 160 Å². The second-order valence-corrected chi connectivity index (χ2v) is 7.56. The molecule has 132 valence electrons. The predicted molar refractivity (Wildman–Crippen MR) is 109 cm³/mol. The Bertz CT molecular complexity index is 1020. The van der Waals surface area contributed by atoms with Crippen molar-refractivity contribution in [2.45, 2.75) is 6.54 Å². The summed E-state index contributed by atoms with van der Waals surface area (Å²) in [5, 5.41) is 9.60. The lowest BCUT2D eigenvalue weighted by Gasteiger charge is -2.12. The normalized spacial score (nSPS) is 11.0. The SMILES string of the molecule is CN(C)c1ccc(CNc2nn3c(-c4ccc(Cl)cc4)cnc3s2)cc1. The molecule has 0 fully saturated rings. The van der Waals surface area contributed by atoms with Crippen LogP contribution < -0.4 is 10.2 Å². The van der Waals surface area contributed by atoms with E-state index >= 15 is 0 Å². The first-order chi connectivity index (χ1) is 12.6. The quantitative estimate of drug-likeness (QED) is 0.538. The highest BCUT2D eigenvalue weighted by Gasteiger charge is 2.11. The topological polar surface area (TPSA) is 45.5 Å². The van der Waals surface area contributed by atoms with Gasteiger partial charge >= 0.3 is 0 Å². The van der Waals surface area contributed by atoms with E-state index in [1.54, 1.807) is 0 Å². The van der Waals surface area contributed by atoms with E-state index in [0.29, 0.717) is 0 Å². The van der Waals surface area contributed by atoms with Crippen LogP contribution in [0.1, 0.15) is 5.56 Å². The molecule has 26 heavy (non-hydrogen) atoms. The van der Waals surface area contributed by atoms with Gasteiger partial charge in [0.2, 0.25) is 10.1 Å². The Morgan fingerprint density at radius 2 is 1.81 bits per heavy atom. The Morgan fingerprint density at radius 1 is 1.08 bits per heavy atom. The number of aromatic nitrogens is 3. The maximum Gasteiger partial charge on any atom is 0.214 e. The average Bonchev–Trinajstić information content (AvgIpc) is 3.21. The van der Waals surface area contributed by atoms with E-state index in [2.05, 4.69) is 44.6 Å². The summed E-state index contributed by atoms with van der Waals surface area (Å²) in [6.07, 6.45) is 1.84. The van der Waals surface area contributed by atoms with Gasteiger partial charge in [0, 0.05) is 36.9 Å². The van der Waals surface area contributed by atoms with Crippen molar-refractivity contribution in [1.29, 1.82) is 0 Å². The molecule has 0 aliphatic rings. The molecule has 4 aromatic rings. The first-order valence-electron chi connectivity index (χ1n) is 8.21. The van der Waals surface area contributed by atoms with Crippen molar-refractivity contribution in [3.05, 3.63) is 65.3 Å². The average molecular weight is 384 g/mol. The van der Waals surface area contributed by atoms with E-state index in [0.717, 1.165) is 32.9 Å². The number of nitrogens with zero attached hydrogens (tertiary/aromatic N) is 4. The van der Waals surface area contributed by atoms with Gasteiger partial charge in [-0.25, -0.2) is 9.50 Å². The highest BCUT2D eigenvalue weighted by molar-refractivity contribution is 7.20. The van der Waals surface area contributed by atoms with Gasteiger partial charge in [-0.05, 0) is 29.8 Å². The zero-order valence-electron chi connectivity index (χ0n) is 14.5. The predicted octanol–water partition coefficient (Wildman–Crippen LogP) is 4.79. The fraction of sp³-hybridized carbons (Fsp3) is 0.158. The molecule has 0 atom stereocenters. The van der Waals surface area contributed by atoms with Gasteiger partial charge in [0.1, 0.15) is 0 Å². The van der Waals surface area contributed by atoms with Gasteiger partial charge in [-0.3, -0.25) is 0 Å². The van der Waals surface area contributed by atoms with Crippen molar-refractivity contribution < 1.29 is 0 Å². The van der Waals surface area contributed by atoms with Crippen LogP contribution in [0.15, 0.2) is 54.7 Å². The molecule has 0 aliphatic carbocycles. The smallest absolute Gasteiger partial charge is 0.214 e. The van der Waals surface area contributed by atoms with Gasteiger partial charge in [0.05, 0.1) is 11.9 Å². The summed E-state index contributed by atoms with van der Waals surface area (Å²) in [5.41, 5.74) is 4.39. The number of hydrogen-bond donors (Lipinski definition) is 1. The second-order valence-electron chi connectivity index (χ2n) is 6.17. The molecule has 0 radical (unpaired) electrons. The lowest BCUT2D eigenvalue weighted by Crippen LogP contribution is -2.08. The van der Waals surface area contributed by atoms with Crippen molar-refractivity contribution >= 4 is 38.7 Å². The molecule has 1 N–H and O–H groups in total. The lowest BCUT2D eigenvalue weighted by molar-refractivity contribution is 0.968. The number of benzene rings is 2. The number of fused-ring (bicyclic) bond motifs is 1. The number of hydrogen-bond acceptors (Lipinski definition) is 5.